The highest BCUT2D eigenvalue weighted by molar-refractivity contribution is 9.10. The third-order valence-corrected chi connectivity index (χ3v) is 3.26. The molecular weight excluding hydrogens is 322 g/mol. The highest BCUT2D eigenvalue weighted by Gasteiger charge is 2.12. The molecule has 0 aromatic heterocycles. The van der Waals surface area contributed by atoms with Crippen molar-refractivity contribution in [2.75, 3.05) is 27.4 Å². The first-order chi connectivity index (χ1) is 9.58. The van der Waals surface area contributed by atoms with Gasteiger partial charge in [0.2, 0.25) is 0 Å². The summed E-state index contributed by atoms with van der Waals surface area (Å²) in [4.78, 5) is 0. The van der Waals surface area contributed by atoms with Crippen molar-refractivity contribution in [2.45, 2.75) is 32.9 Å². The van der Waals surface area contributed by atoms with Gasteiger partial charge in [0.25, 0.3) is 0 Å². The van der Waals surface area contributed by atoms with E-state index in [0.29, 0.717) is 0 Å². The standard InChI is InChI=1S/C15H24BrNO3/c1-11(2)20-15-13(16)8-12(9-14(15)19-4)10-17-6-5-7-18-3/h8-9,11,17H,5-7,10H2,1-4H3. The van der Waals surface area contributed by atoms with Gasteiger partial charge in [-0.05, 0) is 60.4 Å². The smallest absolute Gasteiger partial charge is 0.175 e. The minimum atomic E-state index is 0.109. The average molecular weight is 346 g/mol. The van der Waals surface area contributed by atoms with Crippen molar-refractivity contribution in [3.8, 4) is 11.5 Å². The molecule has 0 radical (unpaired) electrons. The molecule has 1 aromatic rings. The lowest BCUT2D eigenvalue weighted by Crippen LogP contribution is -2.16. The molecule has 0 atom stereocenters. The molecule has 0 aliphatic heterocycles. The van der Waals surface area contributed by atoms with E-state index in [1.165, 1.54) is 0 Å². The van der Waals surface area contributed by atoms with E-state index in [1.54, 1.807) is 14.2 Å². The second kappa shape index (κ2) is 9.21. The molecule has 0 unspecified atom stereocenters. The van der Waals surface area contributed by atoms with Gasteiger partial charge < -0.3 is 19.5 Å². The van der Waals surface area contributed by atoms with Crippen LogP contribution in [0.5, 0.6) is 11.5 Å². The quantitative estimate of drug-likeness (QED) is 0.696. The summed E-state index contributed by atoms with van der Waals surface area (Å²) in [7, 11) is 3.38. The van der Waals surface area contributed by atoms with Gasteiger partial charge in [0.15, 0.2) is 11.5 Å². The van der Waals surface area contributed by atoms with Crippen molar-refractivity contribution in [3.63, 3.8) is 0 Å². The van der Waals surface area contributed by atoms with Gasteiger partial charge in [-0.15, -0.1) is 0 Å². The fraction of sp³-hybridized carbons (Fsp3) is 0.600. The van der Waals surface area contributed by atoms with Crippen LogP contribution in [0.4, 0.5) is 0 Å². The Hall–Kier alpha value is -0.780. The molecule has 1 aromatic carbocycles. The summed E-state index contributed by atoms with van der Waals surface area (Å²) in [5.74, 6) is 1.51. The lowest BCUT2D eigenvalue weighted by Gasteiger charge is -2.16. The summed E-state index contributed by atoms with van der Waals surface area (Å²) in [6.07, 6.45) is 1.11. The van der Waals surface area contributed by atoms with E-state index in [0.717, 1.165) is 47.7 Å². The number of hydrogen-bond acceptors (Lipinski definition) is 4. The Labute approximate surface area is 129 Å². The van der Waals surface area contributed by atoms with Crippen molar-refractivity contribution < 1.29 is 14.2 Å². The Kier molecular flexibility index (Phi) is 7.95. The van der Waals surface area contributed by atoms with E-state index >= 15 is 0 Å². The van der Waals surface area contributed by atoms with Crippen molar-refractivity contribution in [1.29, 1.82) is 0 Å². The van der Waals surface area contributed by atoms with Crippen molar-refractivity contribution in [2.24, 2.45) is 0 Å². The highest BCUT2D eigenvalue weighted by Crippen LogP contribution is 2.37. The largest absolute Gasteiger partial charge is 0.493 e. The van der Waals surface area contributed by atoms with Crippen LogP contribution in [0.3, 0.4) is 0 Å². The minimum Gasteiger partial charge on any atom is -0.493 e. The summed E-state index contributed by atoms with van der Waals surface area (Å²) >= 11 is 3.55. The predicted octanol–water partition coefficient (Wildman–Crippen LogP) is 3.37. The maximum atomic E-state index is 5.77. The highest BCUT2D eigenvalue weighted by atomic mass is 79.9. The maximum absolute atomic E-state index is 5.77. The number of halogens is 1. The van der Waals surface area contributed by atoms with E-state index in [-0.39, 0.29) is 6.10 Å². The first kappa shape index (κ1) is 17.3. The van der Waals surface area contributed by atoms with Gasteiger partial charge in [0.1, 0.15) is 0 Å². The number of nitrogens with one attached hydrogen (secondary N) is 1. The normalized spacial score (nSPS) is 10.9. The maximum Gasteiger partial charge on any atom is 0.175 e. The molecule has 0 bridgehead atoms. The molecule has 0 saturated heterocycles. The van der Waals surface area contributed by atoms with Gasteiger partial charge in [-0.2, -0.15) is 0 Å². The van der Waals surface area contributed by atoms with Crippen LogP contribution >= 0.6 is 15.9 Å². The zero-order chi connectivity index (χ0) is 15.0. The summed E-state index contributed by atoms with van der Waals surface area (Å²) in [6.45, 7) is 6.49. The molecule has 0 aliphatic carbocycles. The van der Waals surface area contributed by atoms with Crippen LogP contribution in [0.2, 0.25) is 0 Å². The van der Waals surface area contributed by atoms with Crippen molar-refractivity contribution in [3.05, 3.63) is 22.2 Å². The fourth-order valence-corrected chi connectivity index (χ4v) is 2.38. The Morgan fingerprint density at radius 3 is 2.60 bits per heavy atom. The van der Waals surface area contributed by atoms with Crippen LogP contribution in [0.25, 0.3) is 0 Å². The molecule has 0 heterocycles. The molecule has 5 heteroatoms. The van der Waals surface area contributed by atoms with Crippen LogP contribution in [0.15, 0.2) is 16.6 Å². The summed E-state index contributed by atoms with van der Waals surface area (Å²) < 4.78 is 17.1. The monoisotopic (exact) mass is 345 g/mol. The zero-order valence-corrected chi connectivity index (χ0v) is 14.2. The second-order valence-electron chi connectivity index (χ2n) is 4.80. The van der Waals surface area contributed by atoms with Crippen LogP contribution < -0.4 is 14.8 Å². The van der Waals surface area contributed by atoms with E-state index in [4.69, 9.17) is 14.2 Å². The number of rotatable bonds is 9. The number of methoxy groups -OCH3 is 2. The Balaban J connectivity index is 2.67. The molecule has 1 N–H and O–H groups in total. The average Bonchev–Trinajstić information content (AvgIpc) is 2.40. The van der Waals surface area contributed by atoms with Gasteiger partial charge in [-0.1, -0.05) is 0 Å². The Bertz CT molecular complexity index is 410. The van der Waals surface area contributed by atoms with E-state index in [1.807, 2.05) is 19.9 Å². The fourth-order valence-electron chi connectivity index (χ4n) is 1.80. The minimum absolute atomic E-state index is 0.109. The number of benzene rings is 1. The first-order valence-corrected chi connectivity index (χ1v) is 7.60. The number of ether oxygens (including phenoxy) is 3. The third kappa shape index (κ3) is 5.69. The first-order valence-electron chi connectivity index (χ1n) is 6.81. The van der Waals surface area contributed by atoms with Gasteiger partial charge >= 0.3 is 0 Å². The second-order valence-corrected chi connectivity index (χ2v) is 5.65. The molecular formula is C15H24BrNO3. The predicted molar refractivity (Wildman–Crippen MR) is 84.7 cm³/mol. The molecule has 4 nitrogen and oxygen atoms in total. The molecule has 0 aliphatic rings. The summed E-state index contributed by atoms with van der Waals surface area (Å²) in [5.41, 5.74) is 1.15. The lowest BCUT2D eigenvalue weighted by atomic mass is 10.2. The van der Waals surface area contributed by atoms with E-state index in [9.17, 15) is 0 Å². The number of hydrogen-bond donors (Lipinski definition) is 1. The van der Waals surface area contributed by atoms with Crippen LogP contribution in [-0.2, 0) is 11.3 Å². The van der Waals surface area contributed by atoms with Gasteiger partial charge in [-0.3, -0.25) is 0 Å². The van der Waals surface area contributed by atoms with Gasteiger partial charge in [0.05, 0.1) is 17.7 Å². The van der Waals surface area contributed by atoms with Crippen LogP contribution in [0.1, 0.15) is 25.8 Å². The zero-order valence-electron chi connectivity index (χ0n) is 12.7. The molecule has 114 valence electrons. The van der Waals surface area contributed by atoms with Crippen LogP contribution in [0, 0.1) is 0 Å². The van der Waals surface area contributed by atoms with E-state index < -0.39 is 0 Å². The van der Waals surface area contributed by atoms with Crippen molar-refractivity contribution >= 4 is 15.9 Å². The van der Waals surface area contributed by atoms with Crippen LogP contribution in [-0.4, -0.2) is 33.5 Å². The third-order valence-electron chi connectivity index (χ3n) is 2.67. The molecule has 0 spiro atoms. The molecule has 0 saturated carbocycles. The summed E-state index contributed by atoms with van der Waals surface area (Å²) in [5, 5.41) is 3.38. The van der Waals surface area contributed by atoms with Gasteiger partial charge in [-0.25, -0.2) is 0 Å². The molecule has 1 rings (SSSR count). The molecule has 0 fully saturated rings. The van der Waals surface area contributed by atoms with E-state index in [2.05, 4.69) is 27.3 Å². The Morgan fingerprint density at radius 2 is 2.00 bits per heavy atom. The lowest BCUT2D eigenvalue weighted by molar-refractivity contribution is 0.194. The summed E-state index contributed by atoms with van der Waals surface area (Å²) in [6, 6.07) is 4.06. The SMILES string of the molecule is COCCCNCc1cc(Br)c(OC(C)C)c(OC)c1. The Morgan fingerprint density at radius 1 is 1.25 bits per heavy atom. The van der Waals surface area contributed by atoms with Crippen molar-refractivity contribution in [1.82, 2.24) is 5.32 Å². The topological polar surface area (TPSA) is 39.7 Å². The van der Waals surface area contributed by atoms with Gasteiger partial charge in [0, 0.05) is 20.3 Å². The molecule has 20 heavy (non-hydrogen) atoms. The molecule has 0 amide bonds.